The summed E-state index contributed by atoms with van der Waals surface area (Å²) < 4.78 is 0. The Morgan fingerprint density at radius 3 is 1.12 bits per heavy atom. The van der Waals surface area contributed by atoms with Crippen molar-refractivity contribution in [1.82, 2.24) is 0 Å². The fraction of sp³-hybridized carbons (Fsp3) is 0.233. The Bertz CT molecular complexity index is 943. The third-order valence-electron chi connectivity index (χ3n) is 4.10. The van der Waals surface area contributed by atoms with E-state index >= 15 is 0 Å². The summed E-state index contributed by atoms with van der Waals surface area (Å²) in [6.45, 7) is 13.9. The van der Waals surface area contributed by atoms with E-state index in [1.165, 1.54) is 16.7 Å². The zero-order chi connectivity index (χ0) is 24.4. The van der Waals surface area contributed by atoms with Gasteiger partial charge in [0.1, 0.15) is 0 Å². The molecule has 0 amide bonds. The Labute approximate surface area is 195 Å². The molecule has 0 fully saturated rings. The first kappa shape index (κ1) is 28.6. The lowest BCUT2D eigenvalue weighted by Crippen LogP contribution is -1.94. The second-order valence-electron chi connectivity index (χ2n) is 7.86. The van der Waals surface area contributed by atoms with E-state index in [-0.39, 0.29) is 0 Å². The highest BCUT2D eigenvalue weighted by molar-refractivity contribution is 5.86. The normalized spacial score (nSPS) is 15.3. The van der Waals surface area contributed by atoms with Gasteiger partial charge in [-0.1, -0.05) is 125 Å². The number of carboxylic acids is 1. The maximum Gasteiger partial charge on any atom is 0.331 e. The van der Waals surface area contributed by atoms with E-state index in [1.54, 1.807) is 19.1 Å². The second-order valence-corrected chi connectivity index (χ2v) is 7.86. The van der Waals surface area contributed by atoms with Crippen LogP contribution < -0.4 is 0 Å². The number of carboxylic acid groups (broad SMARTS) is 1. The van der Waals surface area contributed by atoms with Crippen LogP contribution in [0, 0.1) is 0 Å². The minimum atomic E-state index is -0.902. The topological polar surface area (TPSA) is 37.3 Å². The molecule has 0 spiro atoms. The van der Waals surface area contributed by atoms with Crippen LogP contribution in [0.1, 0.15) is 48.5 Å². The van der Waals surface area contributed by atoms with Gasteiger partial charge in [0, 0.05) is 5.57 Å². The van der Waals surface area contributed by atoms with E-state index in [1.807, 2.05) is 50.3 Å². The number of hydrogen-bond donors (Lipinski definition) is 1. The minimum absolute atomic E-state index is 0.314. The van der Waals surface area contributed by atoms with Crippen LogP contribution in [0.5, 0.6) is 0 Å². The van der Waals surface area contributed by atoms with Gasteiger partial charge in [0.15, 0.2) is 0 Å². The molecule has 1 N–H and O–H groups in total. The summed E-state index contributed by atoms with van der Waals surface area (Å²) >= 11 is 0. The van der Waals surface area contributed by atoms with Crippen molar-refractivity contribution in [3.63, 3.8) is 0 Å². The molecule has 0 aromatic rings. The van der Waals surface area contributed by atoms with Gasteiger partial charge in [-0.15, -0.1) is 0 Å². The molecule has 0 rings (SSSR count). The SMILES string of the molecule is CC(C)=CC=CC(C)=CC=CC(C)=CC=CC=C(C)C=CC=C(C)C=CC=C(C)C(=O)O. The summed E-state index contributed by atoms with van der Waals surface area (Å²) in [6.07, 6.45) is 31.9. The molecule has 0 unspecified atom stereocenters. The quantitative estimate of drug-likeness (QED) is 0.263. The van der Waals surface area contributed by atoms with Crippen molar-refractivity contribution in [3.8, 4) is 0 Å². The fourth-order valence-corrected chi connectivity index (χ4v) is 2.15. The molecular formula is C30H38O2. The van der Waals surface area contributed by atoms with E-state index in [0.29, 0.717) is 5.57 Å². The van der Waals surface area contributed by atoms with Crippen molar-refractivity contribution >= 4 is 5.97 Å². The molecule has 0 saturated heterocycles. The van der Waals surface area contributed by atoms with Crippen LogP contribution in [-0.4, -0.2) is 11.1 Å². The van der Waals surface area contributed by atoms with Crippen LogP contribution in [0.15, 0.2) is 131 Å². The third-order valence-corrected chi connectivity index (χ3v) is 4.10. The number of rotatable bonds is 11. The van der Waals surface area contributed by atoms with Crippen LogP contribution in [0.4, 0.5) is 0 Å². The van der Waals surface area contributed by atoms with Crippen molar-refractivity contribution in [2.45, 2.75) is 48.5 Å². The van der Waals surface area contributed by atoms with Gasteiger partial charge < -0.3 is 5.11 Å². The Hall–Kier alpha value is -3.39. The maximum absolute atomic E-state index is 10.7. The zero-order valence-corrected chi connectivity index (χ0v) is 20.6. The molecule has 0 aliphatic carbocycles. The molecule has 0 bridgehead atoms. The van der Waals surface area contributed by atoms with Gasteiger partial charge in [0.05, 0.1) is 0 Å². The van der Waals surface area contributed by atoms with E-state index in [0.717, 1.165) is 11.1 Å². The lowest BCUT2D eigenvalue weighted by molar-refractivity contribution is -0.132. The standard InChI is InChI=1S/C30H38O2/c1-24(2)14-10-17-27(5)20-11-18-25(3)15-8-9-16-26(4)19-12-21-28(6)22-13-23-29(7)30(31)32/h8-23H,1-7H3,(H,31,32). The highest BCUT2D eigenvalue weighted by Crippen LogP contribution is 2.03. The molecule has 0 aliphatic rings. The Kier molecular flexibility index (Phi) is 15.5. The Balaban J connectivity index is 4.73. The van der Waals surface area contributed by atoms with Crippen LogP contribution in [0.3, 0.4) is 0 Å². The molecule has 0 radical (unpaired) electrons. The molecule has 32 heavy (non-hydrogen) atoms. The largest absolute Gasteiger partial charge is 0.478 e. The van der Waals surface area contributed by atoms with Crippen molar-refractivity contribution in [2.75, 3.05) is 0 Å². The van der Waals surface area contributed by atoms with E-state index in [2.05, 4.69) is 76.3 Å². The molecule has 0 saturated carbocycles. The van der Waals surface area contributed by atoms with Crippen LogP contribution >= 0.6 is 0 Å². The first-order chi connectivity index (χ1) is 15.1. The van der Waals surface area contributed by atoms with E-state index in [4.69, 9.17) is 5.11 Å². The lowest BCUT2D eigenvalue weighted by Gasteiger charge is -1.91. The van der Waals surface area contributed by atoms with Crippen molar-refractivity contribution < 1.29 is 9.90 Å². The van der Waals surface area contributed by atoms with Gasteiger partial charge in [-0.3, -0.25) is 0 Å². The van der Waals surface area contributed by atoms with Crippen LogP contribution in [0.2, 0.25) is 0 Å². The molecule has 0 atom stereocenters. The highest BCUT2D eigenvalue weighted by atomic mass is 16.4. The average Bonchev–Trinajstić information content (AvgIpc) is 2.70. The molecule has 0 heterocycles. The Morgan fingerprint density at radius 2 is 0.781 bits per heavy atom. The highest BCUT2D eigenvalue weighted by Gasteiger charge is 1.95. The van der Waals surface area contributed by atoms with Crippen LogP contribution in [-0.2, 0) is 4.79 Å². The van der Waals surface area contributed by atoms with Crippen LogP contribution in [0.25, 0.3) is 0 Å². The summed E-state index contributed by atoms with van der Waals surface area (Å²) in [5, 5.41) is 8.81. The van der Waals surface area contributed by atoms with E-state index in [9.17, 15) is 4.79 Å². The third kappa shape index (κ3) is 17.5. The lowest BCUT2D eigenvalue weighted by atomic mass is 10.2. The zero-order valence-electron chi connectivity index (χ0n) is 20.6. The van der Waals surface area contributed by atoms with E-state index < -0.39 is 5.97 Å². The van der Waals surface area contributed by atoms with Gasteiger partial charge in [0.2, 0.25) is 0 Å². The number of hydrogen-bond acceptors (Lipinski definition) is 1. The molecular weight excluding hydrogens is 392 g/mol. The van der Waals surface area contributed by atoms with Gasteiger partial charge in [0.25, 0.3) is 0 Å². The van der Waals surface area contributed by atoms with Gasteiger partial charge in [-0.25, -0.2) is 4.79 Å². The van der Waals surface area contributed by atoms with Crippen molar-refractivity contribution in [1.29, 1.82) is 0 Å². The molecule has 0 aromatic heterocycles. The fourth-order valence-electron chi connectivity index (χ4n) is 2.15. The summed E-state index contributed by atoms with van der Waals surface area (Å²) in [5.74, 6) is -0.902. The van der Waals surface area contributed by atoms with Crippen molar-refractivity contribution in [3.05, 3.63) is 131 Å². The maximum atomic E-state index is 10.7. The minimum Gasteiger partial charge on any atom is -0.478 e. The first-order valence-corrected chi connectivity index (χ1v) is 10.7. The average molecular weight is 431 g/mol. The second kappa shape index (κ2) is 17.3. The first-order valence-electron chi connectivity index (χ1n) is 10.7. The summed E-state index contributed by atoms with van der Waals surface area (Å²) in [7, 11) is 0. The summed E-state index contributed by atoms with van der Waals surface area (Å²) in [5.41, 5.74) is 6.17. The number of aliphatic carboxylic acids is 1. The van der Waals surface area contributed by atoms with Crippen molar-refractivity contribution in [2.24, 2.45) is 0 Å². The number of carbonyl (C=O) groups is 1. The molecule has 2 nitrogen and oxygen atoms in total. The molecule has 0 aromatic carbocycles. The summed E-state index contributed by atoms with van der Waals surface area (Å²) in [6, 6.07) is 0. The molecule has 2 heteroatoms. The van der Waals surface area contributed by atoms with Gasteiger partial charge >= 0.3 is 5.97 Å². The predicted molar refractivity (Wildman–Crippen MR) is 142 cm³/mol. The number of allylic oxidation sites excluding steroid dienone is 21. The summed E-state index contributed by atoms with van der Waals surface area (Å²) in [4.78, 5) is 10.7. The molecule has 0 aliphatic heterocycles. The smallest absolute Gasteiger partial charge is 0.331 e. The predicted octanol–water partition coefficient (Wildman–Crippen LogP) is 8.55. The monoisotopic (exact) mass is 430 g/mol. The van der Waals surface area contributed by atoms with Gasteiger partial charge in [-0.2, -0.15) is 0 Å². The molecule has 170 valence electrons. The Morgan fingerprint density at radius 1 is 0.469 bits per heavy atom. The van der Waals surface area contributed by atoms with Gasteiger partial charge in [-0.05, 0) is 48.5 Å².